The van der Waals surface area contributed by atoms with Crippen molar-refractivity contribution in [3.8, 4) is 5.69 Å². The Balaban J connectivity index is 0.00000240. The first-order chi connectivity index (χ1) is 13.3. The average Bonchev–Trinajstić information content (AvgIpc) is 3.09. The number of aromatic nitrogens is 2. The lowest BCUT2D eigenvalue weighted by Gasteiger charge is -2.45. The van der Waals surface area contributed by atoms with Gasteiger partial charge in [-0.05, 0) is 49.7 Å². The fraction of sp³-hybridized carbons (Fsp3) is 0.500. The molecular weight excluding hydrogens is 405 g/mol. The van der Waals surface area contributed by atoms with E-state index in [1.807, 2.05) is 0 Å². The first-order valence-corrected chi connectivity index (χ1v) is 9.61. The van der Waals surface area contributed by atoms with Crippen LogP contribution in [0.4, 0.5) is 13.2 Å². The Morgan fingerprint density at radius 1 is 1.14 bits per heavy atom. The fourth-order valence-electron chi connectivity index (χ4n) is 4.81. The molecule has 0 radical (unpaired) electrons. The third kappa shape index (κ3) is 4.28. The van der Waals surface area contributed by atoms with Crippen LogP contribution < -0.4 is 11.1 Å². The number of nitrogens with zero attached hydrogens (tertiary/aromatic N) is 2. The minimum Gasteiger partial charge on any atom is -0.349 e. The molecule has 3 N–H and O–H groups in total. The van der Waals surface area contributed by atoms with Gasteiger partial charge in [0.25, 0.3) is 5.91 Å². The van der Waals surface area contributed by atoms with Crippen molar-refractivity contribution >= 4 is 18.3 Å². The van der Waals surface area contributed by atoms with Gasteiger partial charge in [-0.1, -0.05) is 24.6 Å². The van der Waals surface area contributed by atoms with Gasteiger partial charge >= 0.3 is 6.18 Å². The molecule has 2 atom stereocenters. The topological polar surface area (TPSA) is 72.9 Å². The van der Waals surface area contributed by atoms with Crippen molar-refractivity contribution in [2.45, 2.75) is 50.4 Å². The number of rotatable bonds is 3. The Hall–Kier alpha value is -2.06. The molecule has 29 heavy (non-hydrogen) atoms. The molecule has 2 aliphatic carbocycles. The molecule has 2 aromatic rings. The van der Waals surface area contributed by atoms with Crippen molar-refractivity contribution in [3.63, 3.8) is 0 Å². The maximum atomic E-state index is 13.8. The summed E-state index contributed by atoms with van der Waals surface area (Å²) < 4.78 is 42.2. The van der Waals surface area contributed by atoms with E-state index in [2.05, 4.69) is 10.4 Å². The molecule has 1 aromatic carbocycles. The smallest absolute Gasteiger partial charge is 0.349 e. The van der Waals surface area contributed by atoms with E-state index in [9.17, 15) is 18.0 Å². The molecule has 0 saturated heterocycles. The zero-order valence-corrected chi connectivity index (χ0v) is 16.5. The number of benzene rings is 1. The second-order valence-electron chi connectivity index (χ2n) is 7.83. The third-order valence-corrected chi connectivity index (χ3v) is 5.96. The van der Waals surface area contributed by atoms with E-state index in [0.29, 0.717) is 0 Å². The van der Waals surface area contributed by atoms with Crippen molar-refractivity contribution in [1.82, 2.24) is 15.1 Å². The van der Waals surface area contributed by atoms with Crippen molar-refractivity contribution in [3.05, 3.63) is 47.8 Å². The molecule has 4 rings (SSSR count). The number of amides is 1. The van der Waals surface area contributed by atoms with Gasteiger partial charge in [0.1, 0.15) is 0 Å². The predicted octanol–water partition coefficient (Wildman–Crippen LogP) is 3.95. The Morgan fingerprint density at radius 2 is 1.76 bits per heavy atom. The maximum absolute atomic E-state index is 13.8. The van der Waals surface area contributed by atoms with Gasteiger partial charge < -0.3 is 11.1 Å². The van der Waals surface area contributed by atoms with Gasteiger partial charge in [0.2, 0.25) is 0 Å². The molecule has 2 unspecified atom stereocenters. The summed E-state index contributed by atoms with van der Waals surface area (Å²) in [6, 6.07) is 8.00. The number of alkyl halides is 3. The lowest BCUT2D eigenvalue weighted by molar-refractivity contribution is -0.143. The summed E-state index contributed by atoms with van der Waals surface area (Å²) in [5, 5.41) is 6.75. The molecule has 1 amide bonds. The molecule has 0 spiro atoms. The van der Waals surface area contributed by atoms with Crippen molar-refractivity contribution in [1.29, 1.82) is 0 Å². The number of hydrogen-bond acceptors (Lipinski definition) is 3. The summed E-state index contributed by atoms with van der Waals surface area (Å²) in [5.74, 6) is -0.262. The van der Waals surface area contributed by atoms with Crippen LogP contribution in [0.1, 0.15) is 48.2 Å². The zero-order chi connectivity index (χ0) is 19.9. The van der Waals surface area contributed by atoms with Gasteiger partial charge in [0, 0.05) is 12.1 Å². The highest BCUT2D eigenvalue weighted by Crippen LogP contribution is 2.40. The second kappa shape index (κ2) is 8.36. The highest BCUT2D eigenvalue weighted by atomic mass is 35.5. The Labute approximate surface area is 173 Å². The first-order valence-electron chi connectivity index (χ1n) is 9.61. The van der Waals surface area contributed by atoms with Crippen LogP contribution in [0.5, 0.6) is 0 Å². The molecule has 2 bridgehead atoms. The maximum Gasteiger partial charge on any atom is 0.434 e. The van der Waals surface area contributed by atoms with Gasteiger partial charge in [0.15, 0.2) is 5.69 Å². The number of halogens is 4. The van der Waals surface area contributed by atoms with Crippen LogP contribution >= 0.6 is 12.4 Å². The quantitative estimate of drug-likeness (QED) is 0.777. The lowest BCUT2D eigenvalue weighted by Crippen LogP contribution is -2.53. The van der Waals surface area contributed by atoms with Gasteiger partial charge in [-0.15, -0.1) is 12.4 Å². The SMILES string of the molecule is Cl.NC1CC2CCCC(C1)C2NC(=O)c1cnn(-c2ccccc2)c1C(F)(F)F. The lowest BCUT2D eigenvalue weighted by atomic mass is 9.67. The normalized spacial score (nSPS) is 26.5. The van der Waals surface area contributed by atoms with Crippen molar-refractivity contribution in [2.75, 3.05) is 0 Å². The molecule has 2 saturated carbocycles. The second-order valence-corrected chi connectivity index (χ2v) is 7.83. The molecule has 1 aromatic heterocycles. The first kappa shape index (κ1) is 21.6. The number of para-hydroxylation sites is 1. The largest absolute Gasteiger partial charge is 0.434 e. The van der Waals surface area contributed by atoms with Crippen LogP contribution in [0.2, 0.25) is 0 Å². The summed E-state index contributed by atoms with van der Waals surface area (Å²) in [5.41, 5.74) is 4.87. The number of nitrogens with one attached hydrogen (secondary N) is 1. The zero-order valence-electron chi connectivity index (χ0n) is 15.7. The molecule has 158 valence electrons. The van der Waals surface area contributed by atoms with Gasteiger partial charge in [-0.25, -0.2) is 4.68 Å². The van der Waals surface area contributed by atoms with E-state index in [1.165, 1.54) is 12.1 Å². The van der Waals surface area contributed by atoms with Crippen molar-refractivity contribution < 1.29 is 18.0 Å². The van der Waals surface area contributed by atoms with E-state index in [4.69, 9.17) is 5.73 Å². The number of carbonyl (C=O) groups excluding carboxylic acids is 1. The third-order valence-electron chi connectivity index (χ3n) is 5.96. The highest BCUT2D eigenvalue weighted by molar-refractivity contribution is 5.95. The summed E-state index contributed by atoms with van der Waals surface area (Å²) in [6.07, 6.45) is 0.885. The molecule has 9 heteroatoms. The minimum absolute atomic E-state index is 0. The van der Waals surface area contributed by atoms with Crippen molar-refractivity contribution in [2.24, 2.45) is 17.6 Å². The van der Waals surface area contributed by atoms with Crippen LogP contribution in [0.3, 0.4) is 0 Å². The van der Waals surface area contributed by atoms with Crippen LogP contribution in [0, 0.1) is 11.8 Å². The summed E-state index contributed by atoms with van der Waals surface area (Å²) in [6.45, 7) is 0. The standard InChI is InChI=1S/C20H23F3N4O.ClH/c21-20(22,23)18-16(11-25-27(18)15-7-2-1-3-8-15)19(28)26-17-12-5-4-6-13(17)10-14(24)9-12;/h1-3,7-8,11-14,17H,4-6,9-10,24H2,(H,26,28);1H. The predicted molar refractivity (Wildman–Crippen MR) is 105 cm³/mol. The number of nitrogens with two attached hydrogens (primary N) is 1. The molecular formula is C20H24ClF3N4O. The molecule has 1 heterocycles. The molecule has 0 aliphatic heterocycles. The Morgan fingerprint density at radius 3 is 2.34 bits per heavy atom. The minimum atomic E-state index is -4.70. The van der Waals surface area contributed by atoms with Crippen LogP contribution in [0.25, 0.3) is 5.69 Å². The molecule has 5 nitrogen and oxygen atoms in total. The summed E-state index contributed by atoms with van der Waals surface area (Å²) >= 11 is 0. The monoisotopic (exact) mass is 428 g/mol. The van der Waals surface area contributed by atoms with Gasteiger partial charge in [-0.3, -0.25) is 4.79 Å². The van der Waals surface area contributed by atoms with Gasteiger partial charge in [-0.2, -0.15) is 18.3 Å². The average molecular weight is 429 g/mol. The molecule has 2 fully saturated rings. The summed E-state index contributed by atoms with van der Waals surface area (Å²) in [7, 11) is 0. The fourth-order valence-corrected chi connectivity index (χ4v) is 4.81. The van der Waals surface area contributed by atoms with E-state index < -0.39 is 23.3 Å². The van der Waals surface area contributed by atoms with E-state index >= 15 is 0 Å². The highest BCUT2D eigenvalue weighted by Gasteiger charge is 2.43. The molecule has 2 aliphatic rings. The van der Waals surface area contributed by atoms with E-state index in [-0.39, 0.29) is 42.0 Å². The van der Waals surface area contributed by atoms with E-state index in [1.54, 1.807) is 18.2 Å². The number of fused-ring (bicyclic) bond motifs is 2. The summed E-state index contributed by atoms with van der Waals surface area (Å²) in [4.78, 5) is 12.8. The van der Waals surface area contributed by atoms with Gasteiger partial charge in [0.05, 0.1) is 17.4 Å². The Bertz CT molecular complexity index is 841. The van der Waals surface area contributed by atoms with Crippen LogP contribution in [-0.2, 0) is 6.18 Å². The Kier molecular flexibility index (Phi) is 6.24. The van der Waals surface area contributed by atoms with Crippen LogP contribution in [-0.4, -0.2) is 27.8 Å². The van der Waals surface area contributed by atoms with Crippen LogP contribution in [0.15, 0.2) is 36.5 Å². The number of hydrogen-bond donors (Lipinski definition) is 2. The number of carbonyl (C=O) groups is 1. The van der Waals surface area contributed by atoms with E-state index in [0.717, 1.165) is 43.0 Å².